The molecular formula is C18H30Cl2N2O2. The van der Waals surface area contributed by atoms with Crippen LogP contribution in [0.2, 0.25) is 5.02 Å². The Morgan fingerprint density at radius 2 is 1.96 bits per heavy atom. The van der Waals surface area contributed by atoms with E-state index in [1.54, 1.807) is 6.07 Å². The van der Waals surface area contributed by atoms with Crippen LogP contribution in [0, 0.1) is 0 Å². The van der Waals surface area contributed by atoms with Crippen molar-refractivity contribution in [2.24, 2.45) is 0 Å². The molecular weight excluding hydrogens is 347 g/mol. The predicted molar refractivity (Wildman–Crippen MR) is 103 cm³/mol. The summed E-state index contributed by atoms with van der Waals surface area (Å²) in [5.41, 5.74) is 0.710. The Labute approximate surface area is 157 Å². The van der Waals surface area contributed by atoms with Crippen molar-refractivity contribution in [2.75, 3.05) is 13.2 Å². The molecule has 0 aliphatic heterocycles. The number of unbranched alkanes of at least 4 members (excludes halogenated alkanes) is 2. The van der Waals surface area contributed by atoms with Crippen molar-refractivity contribution >= 4 is 29.9 Å². The normalized spacial score (nSPS) is 10.9. The van der Waals surface area contributed by atoms with Gasteiger partial charge >= 0.3 is 0 Å². The molecule has 0 saturated carbocycles. The zero-order chi connectivity index (χ0) is 17.3. The summed E-state index contributed by atoms with van der Waals surface area (Å²) in [5.74, 6) is 0.566. The van der Waals surface area contributed by atoms with Gasteiger partial charge in [0, 0.05) is 22.7 Å². The second-order valence-corrected chi connectivity index (χ2v) is 7.16. The topological polar surface area (TPSA) is 50.4 Å². The van der Waals surface area contributed by atoms with Gasteiger partial charge in [-0.05, 0) is 51.9 Å². The van der Waals surface area contributed by atoms with Crippen molar-refractivity contribution in [3.8, 4) is 5.75 Å². The summed E-state index contributed by atoms with van der Waals surface area (Å²) < 4.78 is 5.67. The molecule has 1 aromatic rings. The molecule has 0 atom stereocenters. The summed E-state index contributed by atoms with van der Waals surface area (Å²) >= 11 is 6.07. The van der Waals surface area contributed by atoms with Crippen molar-refractivity contribution in [1.82, 2.24) is 10.6 Å². The minimum atomic E-state index is -0.260. The lowest BCUT2D eigenvalue weighted by Gasteiger charge is -2.21. The molecule has 1 amide bonds. The smallest absolute Gasteiger partial charge is 0.258 e. The standard InChI is InChI=1S/C18H29ClN2O2.ClH/c1-5-6-7-10-20-12-14-11-15(19)8-9-16(14)23-13-17(22)21-18(2,3)4;/h8-9,11,20H,5-7,10,12-13H2,1-4H3,(H,21,22);1H. The number of rotatable bonds is 9. The second kappa shape index (κ2) is 11.6. The number of carbonyl (C=O) groups is 1. The molecule has 6 heteroatoms. The molecule has 0 unspecified atom stereocenters. The van der Waals surface area contributed by atoms with E-state index in [0.29, 0.717) is 17.3 Å². The minimum absolute atomic E-state index is 0. The highest BCUT2D eigenvalue weighted by Gasteiger charge is 2.14. The van der Waals surface area contributed by atoms with Gasteiger partial charge in [0.15, 0.2) is 6.61 Å². The number of ether oxygens (including phenoxy) is 1. The molecule has 0 radical (unpaired) electrons. The molecule has 0 aliphatic carbocycles. The lowest BCUT2D eigenvalue weighted by atomic mass is 10.1. The van der Waals surface area contributed by atoms with Gasteiger partial charge in [-0.15, -0.1) is 12.4 Å². The SMILES string of the molecule is CCCCCNCc1cc(Cl)ccc1OCC(=O)NC(C)(C)C.Cl. The average Bonchev–Trinajstić information content (AvgIpc) is 2.44. The van der Waals surface area contributed by atoms with Crippen LogP contribution in [0.3, 0.4) is 0 Å². The summed E-state index contributed by atoms with van der Waals surface area (Å²) in [7, 11) is 0. The van der Waals surface area contributed by atoms with E-state index in [-0.39, 0.29) is 30.5 Å². The average molecular weight is 377 g/mol. The van der Waals surface area contributed by atoms with E-state index >= 15 is 0 Å². The summed E-state index contributed by atoms with van der Waals surface area (Å²) in [4.78, 5) is 11.9. The first-order chi connectivity index (χ1) is 10.8. The van der Waals surface area contributed by atoms with Gasteiger partial charge in [-0.25, -0.2) is 0 Å². The maximum absolute atomic E-state index is 11.9. The van der Waals surface area contributed by atoms with Gasteiger partial charge in [-0.2, -0.15) is 0 Å². The molecule has 0 heterocycles. The number of amides is 1. The van der Waals surface area contributed by atoms with Crippen molar-refractivity contribution < 1.29 is 9.53 Å². The van der Waals surface area contributed by atoms with Crippen LogP contribution in [0.1, 0.15) is 52.5 Å². The fourth-order valence-electron chi connectivity index (χ4n) is 2.15. The second-order valence-electron chi connectivity index (χ2n) is 6.72. The Morgan fingerprint density at radius 3 is 2.58 bits per heavy atom. The fourth-order valence-corrected chi connectivity index (χ4v) is 2.34. The summed E-state index contributed by atoms with van der Waals surface area (Å²) in [6.45, 7) is 9.66. The van der Waals surface area contributed by atoms with E-state index in [1.165, 1.54) is 12.8 Å². The van der Waals surface area contributed by atoms with Crippen LogP contribution < -0.4 is 15.4 Å². The molecule has 1 rings (SSSR count). The molecule has 4 nitrogen and oxygen atoms in total. The molecule has 0 aliphatic rings. The Morgan fingerprint density at radius 1 is 1.25 bits per heavy atom. The number of benzene rings is 1. The van der Waals surface area contributed by atoms with Gasteiger partial charge in [-0.1, -0.05) is 31.4 Å². The van der Waals surface area contributed by atoms with Gasteiger partial charge in [0.1, 0.15) is 5.75 Å². The molecule has 0 fully saturated rings. The third-order valence-corrected chi connectivity index (χ3v) is 3.40. The minimum Gasteiger partial charge on any atom is -0.483 e. The third-order valence-electron chi connectivity index (χ3n) is 3.17. The fraction of sp³-hybridized carbons (Fsp3) is 0.611. The van der Waals surface area contributed by atoms with E-state index in [0.717, 1.165) is 18.5 Å². The molecule has 1 aromatic carbocycles. The number of halogens is 2. The number of carbonyl (C=O) groups excluding carboxylic acids is 1. The number of hydrogen-bond donors (Lipinski definition) is 2. The Hall–Kier alpha value is -0.970. The Kier molecular flexibility index (Phi) is 11.1. The monoisotopic (exact) mass is 376 g/mol. The van der Waals surface area contributed by atoms with Gasteiger partial charge in [0.05, 0.1) is 0 Å². The van der Waals surface area contributed by atoms with Crippen LogP contribution in [-0.4, -0.2) is 24.6 Å². The zero-order valence-electron chi connectivity index (χ0n) is 15.1. The lowest BCUT2D eigenvalue weighted by molar-refractivity contribution is -0.124. The van der Waals surface area contributed by atoms with E-state index in [4.69, 9.17) is 16.3 Å². The van der Waals surface area contributed by atoms with Crippen LogP contribution in [0.5, 0.6) is 5.75 Å². The molecule has 0 spiro atoms. The Bertz CT molecular complexity index is 502. The van der Waals surface area contributed by atoms with Crippen molar-refractivity contribution in [3.05, 3.63) is 28.8 Å². The highest BCUT2D eigenvalue weighted by Crippen LogP contribution is 2.23. The quantitative estimate of drug-likeness (QED) is 0.630. The van der Waals surface area contributed by atoms with Crippen molar-refractivity contribution in [2.45, 2.75) is 59.0 Å². The van der Waals surface area contributed by atoms with Crippen molar-refractivity contribution in [3.63, 3.8) is 0 Å². The molecule has 0 saturated heterocycles. The number of nitrogens with one attached hydrogen (secondary N) is 2. The molecule has 24 heavy (non-hydrogen) atoms. The molecule has 0 bridgehead atoms. The summed E-state index contributed by atoms with van der Waals surface area (Å²) in [6.07, 6.45) is 3.58. The predicted octanol–water partition coefficient (Wildman–Crippen LogP) is 4.34. The molecule has 0 aromatic heterocycles. The molecule has 2 N–H and O–H groups in total. The van der Waals surface area contributed by atoms with E-state index < -0.39 is 0 Å². The van der Waals surface area contributed by atoms with Crippen LogP contribution >= 0.6 is 24.0 Å². The van der Waals surface area contributed by atoms with E-state index in [1.807, 2.05) is 32.9 Å². The van der Waals surface area contributed by atoms with Crippen LogP contribution in [-0.2, 0) is 11.3 Å². The van der Waals surface area contributed by atoms with Crippen LogP contribution in [0.15, 0.2) is 18.2 Å². The maximum atomic E-state index is 11.9. The Balaban J connectivity index is 0.00000529. The van der Waals surface area contributed by atoms with Gasteiger partial charge in [0.2, 0.25) is 0 Å². The lowest BCUT2D eigenvalue weighted by Crippen LogP contribution is -2.43. The first-order valence-corrected chi connectivity index (χ1v) is 8.62. The number of hydrogen-bond acceptors (Lipinski definition) is 3. The largest absolute Gasteiger partial charge is 0.483 e. The first kappa shape index (κ1) is 23.0. The maximum Gasteiger partial charge on any atom is 0.258 e. The van der Waals surface area contributed by atoms with Gasteiger partial charge in [0.25, 0.3) is 5.91 Å². The molecule has 138 valence electrons. The van der Waals surface area contributed by atoms with E-state index in [9.17, 15) is 4.79 Å². The van der Waals surface area contributed by atoms with Crippen LogP contribution in [0.25, 0.3) is 0 Å². The van der Waals surface area contributed by atoms with Crippen molar-refractivity contribution in [1.29, 1.82) is 0 Å². The summed E-state index contributed by atoms with van der Waals surface area (Å²) in [6, 6.07) is 5.47. The van der Waals surface area contributed by atoms with Gasteiger partial charge < -0.3 is 15.4 Å². The highest BCUT2D eigenvalue weighted by molar-refractivity contribution is 6.30. The zero-order valence-corrected chi connectivity index (χ0v) is 16.6. The van der Waals surface area contributed by atoms with Gasteiger partial charge in [-0.3, -0.25) is 4.79 Å². The third kappa shape index (κ3) is 10.0. The first-order valence-electron chi connectivity index (χ1n) is 8.25. The van der Waals surface area contributed by atoms with E-state index in [2.05, 4.69) is 17.6 Å². The summed E-state index contributed by atoms with van der Waals surface area (Å²) in [5, 5.41) is 6.94. The highest BCUT2D eigenvalue weighted by atomic mass is 35.5. The van der Waals surface area contributed by atoms with Crippen LogP contribution in [0.4, 0.5) is 0 Å².